The summed E-state index contributed by atoms with van der Waals surface area (Å²) in [6.07, 6.45) is 0.653. The van der Waals surface area contributed by atoms with Crippen LogP contribution in [0.4, 0.5) is 0 Å². The average Bonchev–Trinajstić information content (AvgIpc) is 2.59. The van der Waals surface area contributed by atoms with Crippen LogP contribution in [0.5, 0.6) is 0 Å². The van der Waals surface area contributed by atoms with E-state index in [1.165, 1.54) is 0 Å². The van der Waals surface area contributed by atoms with Crippen molar-refractivity contribution in [2.45, 2.75) is 19.4 Å². The van der Waals surface area contributed by atoms with Gasteiger partial charge in [0.15, 0.2) is 0 Å². The molecule has 0 saturated carbocycles. The third-order valence-corrected chi connectivity index (χ3v) is 4.25. The van der Waals surface area contributed by atoms with Crippen molar-refractivity contribution in [1.29, 1.82) is 0 Å². The summed E-state index contributed by atoms with van der Waals surface area (Å²) >= 11 is 6.06. The van der Waals surface area contributed by atoms with Crippen molar-refractivity contribution in [1.82, 2.24) is 10.3 Å². The summed E-state index contributed by atoms with van der Waals surface area (Å²) in [5.41, 5.74) is 2.14. The van der Waals surface area contributed by atoms with Crippen molar-refractivity contribution in [3.05, 3.63) is 81.1 Å². The van der Waals surface area contributed by atoms with Gasteiger partial charge in [-0.3, -0.25) is 9.59 Å². The van der Waals surface area contributed by atoms with Crippen LogP contribution in [0.15, 0.2) is 59.4 Å². The minimum atomic E-state index is -0.146. The van der Waals surface area contributed by atoms with Gasteiger partial charge in [-0.15, -0.1) is 0 Å². The van der Waals surface area contributed by atoms with Gasteiger partial charge in [-0.25, -0.2) is 0 Å². The Morgan fingerprint density at radius 3 is 2.62 bits per heavy atom. The Labute approximate surface area is 144 Å². The second-order valence-electron chi connectivity index (χ2n) is 5.58. The van der Waals surface area contributed by atoms with E-state index < -0.39 is 0 Å². The Balaban J connectivity index is 1.61. The summed E-state index contributed by atoms with van der Waals surface area (Å²) in [5.74, 6) is -0.109. The molecule has 24 heavy (non-hydrogen) atoms. The van der Waals surface area contributed by atoms with E-state index >= 15 is 0 Å². The molecular weight excluding hydrogens is 324 g/mol. The first-order valence-electron chi connectivity index (χ1n) is 7.74. The van der Waals surface area contributed by atoms with E-state index in [1.54, 1.807) is 6.07 Å². The monoisotopic (exact) mass is 340 g/mol. The lowest BCUT2D eigenvalue weighted by atomic mass is 10.1. The van der Waals surface area contributed by atoms with E-state index in [2.05, 4.69) is 10.3 Å². The number of pyridine rings is 1. The zero-order valence-electron chi connectivity index (χ0n) is 13.0. The summed E-state index contributed by atoms with van der Waals surface area (Å²) in [6.45, 7) is 0.382. The Kier molecular flexibility index (Phi) is 4.96. The number of aromatic nitrogens is 1. The van der Waals surface area contributed by atoms with E-state index in [1.807, 2.05) is 48.5 Å². The predicted octanol–water partition coefficient (Wildman–Crippen LogP) is 3.43. The highest BCUT2D eigenvalue weighted by Crippen LogP contribution is 2.14. The number of aryl methyl sites for hydroxylation is 1. The minimum Gasteiger partial charge on any atom is -0.352 e. The van der Waals surface area contributed by atoms with Crippen molar-refractivity contribution >= 4 is 28.4 Å². The number of fused-ring (bicyclic) bond motifs is 1. The molecule has 0 aliphatic rings. The molecule has 0 unspecified atom stereocenters. The Hall–Kier alpha value is -2.59. The van der Waals surface area contributed by atoms with Crippen LogP contribution in [-0.4, -0.2) is 10.9 Å². The van der Waals surface area contributed by atoms with Crippen LogP contribution in [0.1, 0.15) is 17.5 Å². The molecule has 0 atom stereocenters. The highest BCUT2D eigenvalue weighted by atomic mass is 35.5. The second-order valence-corrected chi connectivity index (χ2v) is 5.99. The molecule has 0 saturated heterocycles. The molecule has 0 aliphatic carbocycles. The van der Waals surface area contributed by atoms with Gasteiger partial charge < -0.3 is 10.3 Å². The van der Waals surface area contributed by atoms with Crippen LogP contribution in [0.25, 0.3) is 10.9 Å². The minimum absolute atomic E-state index is 0.109. The van der Waals surface area contributed by atoms with E-state index in [0.717, 1.165) is 16.5 Å². The lowest BCUT2D eigenvalue weighted by Crippen LogP contribution is -2.24. The number of carbonyl (C=O) groups is 1. The van der Waals surface area contributed by atoms with Crippen LogP contribution in [0.3, 0.4) is 0 Å². The molecule has 1 aromatic heterocycles. The van der Waals surface area contributed by atoms with Crippen molar-refractivity contribution in [3.63, 3.8) is 0 Å². The first kappa shape index (κ1) is 16.3. The molecule has 1 heterocycles. The molecule has 1 amide bonds. The average molecular weight is 341 g/mol. The molecule has 2 N–H and O–H groups in total. The zero-order chi connectivity index (χ0) is 16.9. The van der Waals surface area contributed by atoms with Crippen molar-refractivity contribution in [2.75, 3.05) is 0 Å². The second kappa shape index (κ2) is 7.32. The molecular formula is C19H17ClN2O2. The number of halogens is 1. The standard InChI is InChI=1S/C19H17ClN2O2/c20-16-7-3-1-6-15(16)12-21-18(23)10-9-14-11-13-5-2-4-8-17(13)22-19(14)24/h1-8,11H,9-10,12H2,(H,21,23)(H,22,24). The van der Waals surface area contributed by atoms with Gasteiger partial charge in [-0.2, -0.15) is 0 Å². The first-order chi connectivity index (χ1) is 11.6. The number of para-hydroxylation sites is 1. The molecule has 0 bridgehead atoms. The molecule has 0 spiro atoms. The van der Waals surface area contributed by atoms with Gasteiger partial charge >= 0.3 is 0 Å². The van der Waals surface area contributed by atoms with Crippen molar-refractivity contribution < 1.29 is 4.79 Å². The van der Waals surface area contributed by atoms with E-state index in [4.69, 9.17) is 11.6 Å². The number of amides is 1. The van der Waals surface area contributed by atoms with Crippen LogP contribution in [0, 0.1) is 0 Å². The third kappa shape index (κ3) is 3.84. The summed E-state index contributed by atoms with van der Waals surface area (Å²) in [6, 6.07) is 16.8. The Morgan fingerprint density at radius 2 is 1.79 bits per heavy atom. The first-order valence-corrected chi connectivity index (χ1v) is 8.12. The highest BCUT2D eigenvalue weighted by molar-refractivity contribution is 6.31. The van der Waals surface area contributed by atoms with E-state index in [-0.39, 0.29) is 17.9 Å². The number of carbonyl (C=O) groups excluding carboxylic acids is 1. The van der Waals surface area contributed by atoms with Gasteiger partial charge in [0.05, 0.1) is 0 Å². The fourth-order valence-corrected chi connectivity index (χ4v) is 2.75. The largest absolute Gasteiger partial charge is 0.352 e. The molecule has 0 aliphatic heterocycles. The Bertz CT molecular complexity index is 934. The quantitative estimate of drug-likeness (QED) is 0.747. The molecule has 122 valence electrons. The number of aromatic amines is 1. The van der Waals surface area contributed by atoms with Crippen LogP contribution >= 0.6 is 11.6 Å². The smallest absolute Gasteiger partial charge is 0.251 e. The normalized spacial score (nSPS) is 10.7. The van der Waals surface area contributed by atoms with Gasteiger partial charge in [0.1, 0.15) is 0 Å². The van der Waals surface area contributed by atoms with Gasteiger partial charge in [-0.05, 0) is 35.6 Å². The predicted molar refractivity (Wildman–Crippen MR) is 96.2 cm³/mol. The third-order valence-electron chi connectivity index (χ3n) is 3.89. The number of benzene rings is 2. The zero-order valence-corrected chi connectivity index (χ0v) is 13.8. The molecule has 3 aromatic rings. The summed E-state index contributed by atoms with van der Waals surface area (Å²) in [5, 5.41) is 4.42. The maximum atomic E-state index is 12.1. The molecule has 2 aromatic carbocycles. The molecule has 0 radical (unpaired) electrons. The van der Waals surface area contributed by atoms with Gasteiger partial charge in [0.2, 0.25) is 5.91 Å². The topological polar surface area (TPSA) is 62.0 Å². The fourth-order valence-electron chi connectivity index (χ4n) is 2.55. The SMILES string of the molecule is O=C(CCc1cc2ccccc2[nH]c1=O)NCc1ccccc1Cl. The van der Waals surface area contributed by atoms with Gasteiger partial charge in [0.25, 0.3) is 5.56 Å². The van der Waals surface area contributed by atoms with Crippen molar-refractivity contribution in [3.8, 4) is 0 Å². The summed E-state index contributed by atoms with van der Waals surface area (Å²) in [7, 11) is 0. The number of rotatable bonds is 5. The fraction of sp³-hybridized carbons (Fsp3) is 0.158. The number of hydrogen-bond acceptors (Lipinski definition) is 2. The summed E-state index contributed by atoms with van der Waals surface area (Å²) in [4.78, 5) is 26.9. The summed E-state index contributed by atoms with van der Waals surface area (Å²) < 4.78 is 0. The van der Waals surface area contributed by atoms with Gasteiger partial charge in [0, 0.05) is 29.1 Å². The lowest BCUT2D eigenvalue weighted by Gasteiger charge is -2.07. The van der Waals surface area contributed by atoms with E-state index in [9.17, 15) is 9.59 Å². The number of hydrogen-bond donors (Lipinski definition) is 2. The molecule has 0 fully saturated rings. The van der Waals surface area contributed by atoms with Crippen LogP contribution in [0.2, 0.25) is 5.02 Å². The van der Waals surface area contributed by atoms with E-state index in [0.29, 0.717) is 23.6 Å². The molecule has 4 nitrogen and oxygen atoms in total. The van der Waals surface area contributed by atoms with Crippen LogP contribution < -0.4 is 10.9 Å². The van der Waals surface area contributed by atoms with Gasteiger partial charge in [-0.1, -0.05) is 48.0 Å². The lowest BCUT2D eigenvalue weighted by molar-refractivity contribution is -0.121. The number of nitrogens with one attached hydrogen (secondary N) is 2. The number of H-pyrrole nitrogens is 1. The highest BCUT2D eigenvalue weighted by Gasteiger charge is 2.07. The Morgan fingerprint density at radius 1 is 1.04 bits per heavy atom. The maximum absolute atomic E-state index is 12.1. The maximum Gasteiger partial charge on any atom is 0.251 e. The molecule has 5 heteroatoms. The van der Waals surface area contributed by atoms with Crippen LogP contribution in [-0.2, 0) is 17.8 Å². The van der Waals surface area contributed by atoms with Crippen molar-refractivity contribution in [2.24, 2.45) is 0 Å². The molecule has 3 rings (SSSR count).